The first-order valence-electron chi connectivity index (χ1n) is 12.0. The van der Waals surface area contributed by atoms with Gasteiger partial charge in [0.25, 0.3) is 0 Å². The molecule has 7 atom stereocenters. The van der Waals surface area contributed by atoms with Crippen LogP contribution in [0.1, 0.15) is 78.6 Å². The predicted octanol–water partition coefficient (Wildman–Crippen LogP) is 4.78. The second-order valence-corrected chi connectivity index (χ2v) is 10.9. The lowest BCUT2D eigenvalue weighted by molar-refractivity contribution is -0.211. The molecule has 0 spiro atoms. The highest BCUT2D eigenvalue weighted by Crippen LogP contribution is 2.68. The van der Waals surface area contributed by atoms with E-state index in [0.29, 0.717) is 31.8 Å². The molecule has 174 valence electrons. The third-order valence-electron chi connectivity index (χ3n) is 9.38. The normalized spacial score (nSPS) is 44.2. The molecule has 0 aromatic carbocycles. The first-order valence-corrected chi connectivity index (χ1v) is 12.6. The van der Waals surface area contributed by atoms with Gasteiger partial charge in [-0.05, 0) is 74.2 Å². The van der Waals surface area contributed by atoms with Crippen LogP contribution in [-0.2, 0) is 19.1 Å². The third kappa shape index (κ3) is 3.41. The van der Waals surface area contributed by atoms with Crippen molar-refractivity contribution in [1.82, 2.24) is 0 Å². The Morgan fingerprint density at radius 2 is 2.03 bits per heavy atom. The summed E-state index contributed by atoms with van der Waals surface area (Å²) in [6.07, 6.45) is 8.42. The van der Waals surface area contributed by atoms with Gasteiger partial charge in [0.05, 0.1) is 6.10 Å². The number of rotatable bonds is 6. The van der Waals surface area contributed by atoms with Gasteiger partial charge in [-0.3, -0.25) is 4.79 Å². The topological polar surface area (TPSA) is 72.8 Å². The van der Waals surface area contributed by atoms with E-state index in [1.165, 1.54) is 5.57 Å². The molecule has 0 aromatic heterocycles. The number of hydrogen-bond acceptors (Lipinski definition) is 5. The average molecular weight is 453 g/mol. The van der Waals surface area contributed by atoms with Gasteiger partial charge >= 0.3 is 5.97 Å². The van der Waals surface area contributed by atoms with Crippen molar-refractivity contribution in [3.05, 3.63) is 11.6 Å². The van der Waals surface area contributed by atoms with Crippen molar-refractivity contribution in [3.63, 3.8) is 0 Å². The number of allylic oxidation sites excluding steroid dienone is 1. The maximum Gasteiger partial charge on any atom is 0.340 e. The quantitative estimate of drug-likeness (QED) is 0.356. The van der Waals surface area contributed by atoms with Gasteiger partial charge in [0, 0.05) is 18.4 Å². The zero-order valence-electron chi connectivity index (χ0n) is 19.1. The van der Waals surface area contributed by atoms with E-state index in [4.69, 9.17) is 21.1 Å². The molecule has 6 heteroatoms. The van der Waals surface area contributed by atoms with Crippen molar-refractivity contribution in [3.8, 4) is 0 Å². The number of unbranched alkanes of at least 4 members (excludes halogenated alkanes) is 1. The molecule has 3 saturated carbocycles. The Bertz CT molecular complexity index is 765. The molecule has 0 saturated heterocycles. The Morgan fingerprint density at radius 1 is 1.26 bits per heavy atom. The number of ketones is 1. The maximum absolute atomic E-state index is 13.3. The molecule has 0 bridgehead atoms. The van der Waals surface area contributed by atoms with Crippen molar-refractivity contribution in [2.45, 2.75) is 90.3 Å². The van der Waals surface area contributed by atoms with Crippen LogP contribution < -0.4 is 0 Å². The number of fused-ring (bicyclic) bond motifs is 5. The van der Waals surface area contributed by atoms with Crippen molar-refractivity contribution >= 4 is 23.4 Å². The van der Waals surface area contributed by atoms with Crippen LogP contribution in [0.2, 0.25) is 0 Å². The molecule has 0 heterocycles. The minimum Gasteiger partial charge on any atom is -0.447 e. The number of esters is 1. The molecule has 4 aliphatic carbocycles. The number of alkyl halides is 1. The Labute approximate surface area is 190 Å². The number of aliphatic hydroxyl groups excluding tert-OH is 1. The smallest absolute Gasteiger partial charge is 0.340 e. The molecular formula is C25H37ClO5. The van der Waals surface area contributed by atoms with E-state index in [9.17, 15) is 14.7 Å². The van der Waals surface area contributed by atoms with Gasteiger partial charge in [-0.1, -0.05) is 44.4 Å². The number of aliphatic hydroxyl groups is 1. The van der Waals surface area contributed by atoms with Gasteiger partial charge in [0.15, 0.2) is 17.5 Å². The molecule has 0 radical (unpaired) electrons. The maximum atomic E-state index is 13.3. The number of ether oxygens (including phenoxy) is 2. The largest absolute Gasteiger partial charge is 0.447 e. The molecule has 3 fully saturated rings. The lowest BCUT2D eigenvalue weighted by Crippen LogP contribution is -2.62. The number of carbonyl (C=O) groups excluding carboxylic acids is 2. The van der Waals surface area contributed by atoms with Crippen molar-refractivity contribution in [1.29, 1.82) is 0 Å². The van der Waals surface area contributed by atoms with E-state index in [0.717, 1.165) is 38.5 Å². The lowest BCUT2D eigenvalue weighted by Gasteiger charge is -2.60. The van der Waals surface area contributed by atoms with Crippen LogP contribution in [-0.4, -0.2) is 41.2 Å². The SMILES string of the molecule is CCCCOC1(C(=O)OCCl)CC[C@H]2[C@@H]3CCC4=CC(=O)CC[C@]4(C)[C@@H]3C(O)C[C@@]21C. The minimum absolute atomic E-state index is 0.120. The Kier molecular flexibility index (Phi) is 6.35. The number of hydrogen-bond donors (Lipinski definition) is 1. The highest BCUT2D eigenvalue weighted by Gasteiger charge is 2.70. The van der Waals surface area contributed by atoms with Gasteiger partial charge < -0.3 is 14.6 Å². The summed E-state index contributed by atoms with van der Waals surface area (Å²) in [6.45, 7) is 6.98. The van der Waals surface area contributed by atoms with Crippen LogP contribution in [0.25, 0.3) is 0 Å². The summed E-state index contributed by atoms with van der Waals surface area (Å²) in [6, 6.07) is -0.187. The molecule has 0 amide bonds. The van der Waals surface area contributed by atoms with E-state index in [-0.39, 0.29) is 35.1 Å². The second-order valence-electron chi connectivity index (χ2n) is 10.7. The van der Waals surface area contributed by atoms with Crippen LogP contribution in [0.5, 0.6) is 0 Å². The van der Waals surface area contributed by atoms with Crippen molar-refractivity contribution in [2.24, 2.45) is 28.6 Å². The summed E-state index contributed by atoms with van der Waals surface area (Å²) in [7, 11) is 0. The predicted molar refractivity (Wildman–Crippen MR) is 119 cm³/mol. The monoisotopic (exact) mass is 452 g/mol. The van der Waals surface area contributed by atoms with Crippen LogP contribution in [0.4, 0.5) is 0 Å². The van der Waals surface area contributed by atoms with Crippen molar-refractivity contribution in [2.75, 3.05) is 12.7 Å². The minimum atomic E-state index is -1.05. The summed E-state index contributed by atoms with van der Waals surface area (Å²) in [4.78, 5) is 25.3. The van der Waals surface area contributed by atoms with Crippen LogP contribution in [0.3, 0.4) is 0 Å². The second kappa shape index (κ2) is 8.46. The zero-order valence-corrected chi connectivity index (χ0v) is 19.9. The van der Waals surface area contributed by atoms with Gasteiger partial charge in [0.1, 0.15) is 0 Å². The Balaban J connectivity index is 1.70. The highest BCUT2D eigenvalue weighted by atomic mass is 35.5. The molecule has 1 N–H and O–H groups in total. The summed E-state index contributed by atoms with van der Waals surface area (Å²) in [5.41, 5.74) is -0.458. The first-order chi connectivity index (χ1) is 14.7. The van der Waals surface area contributed by atoms with E-state index < -0.39 is 17.1 Å². The first kappa shape index (κ1) is 23.3. The fraction of sp³-hybridized carbons (Fsp3) is 0.840. The average Bonchev–Trinajstić information content (AvgIpc) is 3.01. The molecule has 4 aliphatic rings. The van der Waals surface area contributed by atoms with Crippen LogP contribution in [0, 0.1) is 28.6 Å². The molecule has 4 rings (SSSR count). The van der Waals surface area contributed by atoms with Gasteiger partial charge in [-0.15, -0.1) is 0 Å². The van der Waals surface area contributed by atoms with E-state index >= 15 is 0 Å². The lowest BCUT2D eigenvalue weighted by atomic mass is 9.45. The Hall–Kier alpha value is -0.910. The van der Waals surface area contributed by atoms with Crippen molar-refractivity contribution < 1.29 is 24.2 Å². The fourth-order valence-electron chi connectivity index (χ4n) is 7.86. The van der Waals surface area contributed by atoms with E-state index in [1.54, 1.807) is 0 Å². The molecule has 0 aliphatic heterocycles. The fourth-order valence-corrected chi connectivity index (χ4v) is 7.96. The molecule has 2 unspecified atom stereocenters. The summed E-state index contributed by atoms with van der Waals surface area (Å²) in [5, 5.41) is 11.6. The third-order valence-corrected chi connectivity index (χ3v) is 9.49. The standard InChI is InChI=1S/C25H37ClO5/c1-4-5-12-31-25(22(29)30-15-26)11-9-19-18-7-6-16-13-17(27)8-10-23(16,2)21(18)20(28)14-24(19,25)3/h13,18-21,28H,4-12,14-15H2,1-3H3/t18-,19-,20?,21-,23-,24-,25?/m0/s1. The zero-order chi connectivity index (χ0) is 22.4. The van der Waals surface area contributed by atoms with Gasteiger partial charge in [0.2, 0.25) is 0 Å². The molecule has 31 heavy (non-hydrogen) atoms. The Morgan fingerprint density at radius 3 is 2.74 bits per heavy atom. The van der Waals surface area contributed by atoms with E-state index in [1.807, 2.05) is 6.08 Å². The number of carbonyl (C=O) groups is 2. The summed E-state index contributed by atoms with van der Waals surface area (Å²) in [5.74, 6) is 0.550. The molecule has 0 aromatic rings. The summed E-state index contributed by atoms with van der Waals surface area (Å²) < 4.78 is 11.7. The van der Waals surface area contributed by atoms with Gasteiger partial charge in [-0.25, -0.2) is 4.79 Å². The van der Waals surface area contributed by atoms with Crippen LogP contribution in [0.15, 0.2) is 11.6 Å². The van der Waals surface area contributed by atoms with E-state index in [2.05, 4.69) is 20.8 Å². The summed E-state index contributed by atoms with van der Waals surface area (Å²) >= 11 is 5.78. The molecule has 5 nitrogen and oxygen atoms in total. The van der Waals surface area contributed by atoms with Gasteiger partial charge in [-0.2, -0.15) is 0 Å². The molecular weight excluding hydrogens is 416 g/mol. The number of halogens is 1. The van der Waals surface area contributed by atoms with Crippen LogP contribution >= 0.6 is 11.6 Å². The highest BCUT2D eigenvalue weighted by molar-refractivity contribution is 6.17.